The smallest absolute Gasteiger partial charge is 0.279 e. The van der Waals surface area contributed by atoms with Crippen molar-refractivity contribution < 1.29 is 9.53 Å². The second-order valence-electron chi connectivity index (χ2n) is 6.30. The minimum absolute atomic E-state index is 0.0796. The Hall–Kier alpha value is -3.08. The number of methoxy groups -OCH3 is 1. The number of hydrogen-bond donors (Lipinski definition) is 1. The Morgan fingerprint density at radius 2 is 1.72 bits per heavy atom. The highest BCUT2D eigenvalue weighted by molar-refractivity contribution is 6.10. The Labute approximate surface area is 146 Å². The topological polar surface area (TPSA) is 58.2 Å². The first kappa shape index (κ1) is 15.4. The molecule has 2 aromatic carbocycles. The van der Waals surface area contributed by atoms with Crippen molar-refractivity contribution in [1.29, 1.82) is 0 Å². The lowest BCUT2D eigenvalue weighted by Crippen LogP contribution is -2.29. The summed E-state index contributed by atoms with van der Waals surface area (Å²) in [7, 11) is 1.64. The van der Waals surface area contributed by atoms with Gasteiger partial charge in [-0.25, -0.2) is 0 Å². The monoisotopic (exact) mass is 333 g/mol. The Kier molecular flexibility index (Phi) is 3.57. The molecule has 0 saturated carbocycles. The van der Waals surface area contributed by atoms with E-state index in [0.29, 0.717) is 5.69 Å². The molecule has 0 saturated heterocycles. The van der Waals surface area contributed by atoms with Crippen LogP contribution in [0.4, 0.5) is 5.69 Å². The maximum atomic E-state index is 13.0. The molecule has 0 spiro atoms. The molecule has 0 radical (unpaired) electrons. The van der Waals surface area contributed by atoms with E-state index >= 15 is 0 Å². The van der Waals surface area contributed by atoms with E-state index in [4.69, 9.17) is 4.74 Å². The molecular formula is C20H19N3O2. The van der Waals surface area contributed by atoms with Gasteiger partial charge in [0.15, 0.2) is 5.69 Å². The van der Waals surface area contributed by atoms with Crippen LogP contribution in [0.3, 0.4) is 0 Å². The second kappa shape index (κ2) is 5.77. The van der Waals surface area contributed by atoms with E-state index in [1.165, 1.54) is 0 Å². The number of aromatic nitrogens is 2. The Bertz CT molecular complexity index is 927. The molecule has 25 heavy (non-hydrogen) atoms. The number of H-pyrrole nitrogens is 1. The fourth-order valence-corrected chi connectivity index (χ4v) is 3.37. The van der Waals surface area contributed by atoms with E-state index < -0.39 is 0 Å². The van der Waals surface area contributed by atoms with Gasteiger partial charge in [0.1, 0.15) is 5.75 Å². The van der Waals surface area contributed by atoms with Crippen LogP contribution in [0.5, 0.6) is 5.75 Å². The van der Waals surface area contributed by atoms with Crippen molar-refractivity contribution in [1.82, 2.24) is 10.2 Å². The molecule has 5 nitrogen and oxygen atoms in total. The molecule has 1 unspecified atom stereocenters. The molecule has 0 fully saturated rings. The minimum Gasteiger partial charge on any atom is -0.497 e. The van der Waals surface area contributed by atoms with Gasteiger partial charge < -0.3 is 4.74 Å². The Morgan fingerprint density at radius 1 is 1.04 bits per heavy atom. The number of anilines is 1. The molecule has 4 rings (SSSR count). The van der Waals surface area contributed by atoms with Gasteiger partial charge in [-0.15, -0.1) is 0 Å². The summed E-state index contributed by atoms with van der Waals surface area (Å²) in [6.07, 6.45) is 0. The molecule has 3 aromatic rings. The lowest BCUT2D eigenvalue weighted by atomic mass is 9.98. The fraction of sp³-hybridized carbons (Fsp3) is 0.200. The van der Waals surface area contributed by atoms with Crippen molar-refractivity contribution in [3.63, 3.8) is 0 Å². The number of amides is 1. The summed E-state index contributed by atoms with van der Waals surface area (Å²) in [6.45, 7) is 3.99. The molecule has 1 amide bonds. The fourth-order valence-electron chi connectivity index (χ4n) is 3.37. The summed E-state index contributed by atoms with van der Waals surface area (Å²) in [5.41, 5.74) is 5.41. The number of ether oxygens (including phenoxy) is 1. The molecular weight excluding hydrogens is 314 g/mol. The number of hydrogen-bond acceptors (Lipinski definition) is 3. The van der Waals surface area contributed by atoms with Gasteiger partial charge in [0.05, 0.1) is 13.2 Å². The van der Waals surface area contributed by atoms with Crippen LogP contribution in [-0.4, -0.2) is 23.2 Å². The average Bonchev–Trinajstić information content (AvgIpc) is 3.15. The van der Waals surface area contributed by atoms with Gasteiger partial charge in [0, 0.05) is 16.9 Å². The van der Waals surface area contributed by atoms with Gasteiger partial charge >= 0.3 is 0 Å². The molecule has 1 aliphatic rings. The van der Waals surface area contributed by atoms with Crippen molar-refractivity contribution in [3.8, 4) is 5.75 Å². The van der Waals surface area contributed by atoms with Crippen LogP contribution in [-0.2, 0) is 0 Å². The third kappa shape index (κ3) is 2.39. The SMILES string of the molecule is COc1ccc(C2c3c(n[nH]c3C)C(=O)N2c2ccc(C)cc2)cc1. The highest BCUT2D eigenvalue weighted by Gasteiger charge is 2.42. The van der Waals surface area contributed by atoms with Crippen LogP contribution in [0.15, 0.2) is 48.5 Å². The summed E-state index contributed by atoms with van der Waals surface area (Å²) >= 11 is 0. The minimum atomic E-state index is -0.199. The lowest BCUT2D eigenvalue weighted by Gasteiger charge is -2.26. The van der Waals surface area contributed by atoms with Crippen LogP contribution < -0.4 is 9.64 Å². The van der Waals surface area contributed by atoms with Crippen LogP contribution in [0.2, 0.25) is 0 Å². The third-order valence-corrected chi connectivity index (χ3v) is 4.69. The van der Waals surface area contributed by atoms with Crippen molar-refractivity contribution in [2.45, 2.75) is 19.9 Å². The van der Waals surface area contributed by atoms with Gasteiger partial charge in [-0.3, -0.25) is 14.8 Å². The first-order chi connectivity index (χ1) is 12.1. The van der Waals surface area contributed by atoms with E-state index in [1.54, 1.807) is 7.11 Å². The predicted octanol–water partition coefficient (Wildman–Crippen LogP) is 3.78. The number of benzene rings is 2. The Balaban J connectivity index is 1.86. The summed E-state index contributed by atoms with van der Waals surface area (Å²) < 4.78 is 5.26. The molecule has 5 heteroatoms. The van der Waals surface area contributed by atoms with Crippen molar-refractivity contribution in [3.05, 3.63) is 76.6 Å². The molecule has 1 N–H and O–H groups in total. The first-order valence-electron chi connectivity index (χ1n) is 8.19. The number of nitrogens with zero attached hydrogens (tertiary/aromatic N) is 2. The molecule has 126 valence electrons. The number of fused-ring (bicyclic) bond motifs is 1. The lowest BCUT2D eigenvalue weighted by molar-refractivity contribution is 0.0988. The molecule has 0 bridgehead atoms. The molecule has 1 atom stereocenters. The molecule has 1 aromatic heterocycles. The van der Waals surface area contributed by atoms with Crippen molar-refractivity contribution in [2.24, 2.45) is 0 Å². The quantitative estimate of drug-likeness (QED) is 0.793. The average molecular weight is 333 g/mol. The van der Waals surface area contributed by atoms with Crippen LogP contribution in [0.1, 0.15) is 38.9 Å². The molecule has 2 heterocycles. The zero-order valence-electron chi connectivity index (χ0n) is 14.4. The van der Waals surface area contributed by atoms with Gasteiger partial charge in [-0.1, -0.05) is 29.8 Å². The zero-order valence-corrected chi connectivity index (χ0v) is 14.4. The third-order valence-electron chi connectivity index (χ3n) is 4.69. The van der Waals surface area contributed by atoms with Crippen LogP contribution >= 0.6 is 0 Å². The van der Waals surface area contributed by atoms with Gasteiger partial charge in [0.25, 0.3) is 5.91 Å². The summed E-state index contributed by atoms with van der Waals surface area (Å²) in [4.78, 5) is 14.8. The molecule has 1 aliphatic heterocycles. The van der Waals surface area contributed by atoms with Crippen molar-refractivity contribution in [2.75, 3.05) is 12.0 Å². The zero-order chi connectivity index (χ0) is 17.6. The summed E-state index contributed by atoms with van der Waals surface area (Å²) in [6, 6.07) is 15.6. The maximum absolute atomic E-state index is 13.0. The predicted molar refractivity (Wildman–Crippen MR) is 96.2 cm³/mol. The van der Waals surface area contributed by atoms with Gasteiger partial charge in [0.2, 0.25) is 0 Å². The van der Waals surface area contributed by atoms with E-state index in [-0.39, 0.29) is 11.9 Å². The number of aryl methyl sites for hydroxylation is 2. The maximum Gasteiger partial charge on any atom is 0.279 e. The van der Waals surface area contributed by atoms with Gasteiger partial charge in [-0.2, -0.15) is 5.10 Å². The number of rotatable bonds is 3. The number of nitrogens with one attached hydrogen (secondary N) is 1. The highest BCUT2D eigenvalue weighted by Crippen LogP contribution is 2.42. The number of aromatic amines is 1. The normalized spacial score (nSPS) is 16.2. The van der Waals surface area contributed by atoms with Crippen LogP contribution in [0.25, 0.3) is 0 Å². The highest BCUT2D eigenvalue weighted by atomic mass is 16.5. The van der Waals surface area contributed by atoms with Gasteiger partial charge in [-0.05, 0) is 43.7 Å². The van der Waals surface area contributed by atoms with Crippen molar-refractivity contribution >= 4 is 11.6 Å². The molecule has 0 aliphatic carbocycles. The van der Waals surface area contributed by atoms with E-state index in [2.05, 4.69) is 10.2 Å². The summed E-state index contributed by atoms with van der Waals surface area (Å²) in [5, 5.41) is 7.19. The second-order valence-corrected chi connectivity index (χ2v) is 6.30. The first-order valence-corrected chi connectivity index (χ1v) is 8.19. The number of carbonyl (C=O) groups excluding carboxylic acids is 1. The standard InChI is InChI=1S/C20H19N3O2/c1-12-4-8-15(9-5-12)23-19(14-6-10-16(25-3)11-7-14)17-13(2)21-22-18(17)20(23)24/h4-11,19H,1-3H3,(H,21,22). The summed E-state index contributed by atoms with van der Waals surface area (Å²) in [5.74, 6) is 0.711. The number of carbonyl (C=O) groups is 1. The van der Waals surface area contributed by atoms with Crippen LogP contribution in [0, 0.1) is 13.8 Å². The van der Waals surface area contributed by atoms with E-state index in [9.17, 15) is 4.79 Å². The Morgan fingerprint density at radius 3 is 2.36 bits per heavy atom. The largest absolute Gasteiger partial charge is 0.497 e. The van der Waals surface area contributed by atoms with E-state index in [0.717, 1.165) is 33.8 Å². The van der Waals surface area contributed by atoms with E-state index in [1.807, 2.05) is 67.3 Å².